The summed E-state index contributed by atoms with van der Waals surface area (Å²) in [6.45, 7) is 1.78. The minimum absolute atomic E-state index is 0.0698. The van der Waals surface area contributed by atoms with Gasteiger partial charge < -0.3 is 5.11 Å². The highest BCUT2D eigenvalue weighted by Gasteiger charge is 2.17. The summed E-state index contributed by atoms with van der Waals surface area (Å²) in [5.41, 5.74) is 2.28. The van der Waals surface area contributed by atoms with Crippen molar-refractivity contribution < 1.29 is 5.11 Å². The summed E-state index contributed by atoms with van der Waals surface area (Å²) in [5, 5.41) is 23.4. The lowest BCUT2D eigenvalue weighted by Gasteiger charge is -2.04. The molecule has 1 N–H and O–H groups in total. The van der Waals surface area contributed by atoms with Gasteiger partial charge in [-0.3, -0.25) is 4.68 Å². The zero-order valence-electron chi connectivity index (χ0n) is 9.70. The Balaban J connectivity index is 2.71. The minimum atomic E-state index is -0.0698. The molecular weight excluding hydrogens is 273 g/mol. The highest BCUT2D eigenvalue weighted by Crippen LogP contribution is 2.37. The molecule has 0 aliphatic heterocycles. The van der Waals surface area contributed by atoms with E-state index in [1.807, 2.05) is 0 Å². The van der Waals surface area contributed by atoms with Gasteiger partial charge in [0.15, 0.2) is 0 Å². The Labute approximate surface area is 114 Å². The number of benzene rings is 1. The van der Waals surface area contributed by atoms with E-state index in [2.05, 4.69) is 11.2 Å². The van der Waals surface area contributed by atoms with Crippen LogP contribution in [0.15, 0.2) is 12.1 Å². The van der Waals surface area contributed by atoms with Gasteiger partial charge in [-0.05, 0) is 19.1 Å². The Morgan fingerprint density at radius 3 is 2.56 bits per heavy atom. The second-order valence-electron chi connectivity index (χ2n) is 3.84. The Bertz CT molecular complexity index is 671. The fraction of sp³-hybridized carbons (Fsp3) is 0.167. The minimum Gasteiger partial charge on any atom is -0.506 e. The van der Waals surface area contributed by atoms with Gasteiger partial charge in [-0.2, -0.15) is 10.4 Å². The first-order valence-corrected chi connectivity index (χ1v) is 5.83. The third-order valence-electron chi connectivity index (χ3n) is 2.68. The maximum atomic E-state index is 9.62. The summed E-state index contributed by atoms with van der Waals surface area (Å²) >= 11 is 11.8. The van der Waals surface area contributed by atoms with Crippen molar-refractivity contribution in [2.45, 2.75) is 6.92 Å². The summed E-state index contributed by atoms with van der Waals surface area (Å²) in [6.07, 6.45) is 0. The van der Waals surface area contributed by atoms with E-state index in [0.717, 1.165) is 0 Å². The van der Waals surface area contributed by atoms with E-state index in [0.29, 0.717) is 27.5 Å². The monoisotopic (exact) mass is 281 g/mol. The number of nitrogens with zero attached hydrogens (tertiary/aromatic N) is 3. The maximum Gasteiger partial charge on any atom is 0.141 e. The number of halogens is 2. The van der Waals surface area contributed by atoms with Crippen LogP contribution in [-0.4, -0.2) is 14.9 Å². The molecule has 1 aromatic heterocycles. The number of rotatable bonds is 1. The average molecular weight is 282 g/mol. The summed E-state index contributed by atoms with van der Waals surface area (Å²) in [7, 11) is 1.68. The Kier molecular flexibility index (Phi) is 3.20. The quantitative estimate of drug-likeness (QED) is 0.873. The molecular formula is C12H9Cl2N3O. The molecule has 92 valence electrons. The molecule has 6 heteroatoms. The molecule has 0 fully saturated rings. The Hall–Kier alpha value is -1.70. The number of phenols is 1. The topological polar surface area (TPSA) is 61.8 Å². The zero-order valence-corrected chi connectivity index (χ0v) is 11.2. The van der Waals surface area contributed by atoms with E-state index in [1.54, 1.807) is 14.0 Å². The van der Waals surface area contributed by atoms with Crippen molar-refractivity contribution in [2.75, 3.05) is 0 Å². The maximum absolute atomic E-state index is 9.62. The van der Waals surface area contributed by atoms with Crippen LogP contribution in [0, 0.1) is 18.3 Å². The number of aromatic hydroxyl groups is 1. The molecule has 0 atom stereocenters. The van der Waals surface area contributed by atoms with Crippen molar-refractivity contribution in [2.24, 2.45) is 7.05 Å². The van der Waals surface area contributed by atoms with Gasteiger partial charge in [0, 0.05) is 18.2 Å². The van der Waals surface area contributed by atoms with Crippen molar-refractivity contribution in [3.05, 3.63) is 33.4 Å². The van der Waals surface area contributed by atoms with E-state index in [9.17, 15) is 5.11 Å². The fourth-order valence-electron chi connectivity index (χ4n) is 1.76. The van der Waals surface area contributed by atoms with Gasteiger partial charge in [0.2, 0.25) is 0 Å². The molecule has 18 heavy (non-hydrogen) atoms. The van der Waals surface area contributed by atoms with Crippen molar-refractivity contribution >= 4 is 23.2 Å². The standard InChI is InChI=1S/C12H9Cl2N3O/c1-6-10(5-15)17(2)16-12(6)7-3-11(18)9(14)4-8(7)13/h3-4,18H,1-2H3. The number of hydrogen-bond acceptors (Lipinski definition) is 3. The van der Waals surface area contributed by atoms with Crippen LogP contribution in [-0.2, 0) is 7.05 Å². The zero-order chi connectivity index (χ0) is 13.4. The summed E-state index contributed by atoms with van der Waals surface area (Å²) < 4.78 is 1.48. The van der Waals surface area contributed by atoms with Crippen LogP contribution >= 0.6 is 23.2 Å². The van der Waals surface area contributed by atoms with Crippen LogP contribution in [0.5, 0.6) is 5.75 Å². The smallest absolute Gasteiger partial charge is 0.141 e. The third kappa shape index (κ3) is 1.92. The number of hydrogen-bond donors (Lipinski definition) is 1. The van der Waals surface area contributed by atoms with Crippen LogP contribution in [0.4, 0.5) is 0 Å². The molecule has 4 nitrogen and oxygen atoms in total. The van der Waals surface area contributed by atoms with Gasteiger partial charge in [-0.1, -0.05) is 23.2 Å². The fourth-order valence-corrected chi connectivity index (χ4v) is 2.23. The molecule has 0 spiro atoms. The molecule has 0 unspecified atom stereocenters. The van der Waals surface area contributed by atoms with E-state index >= 15 is 0 Å². The largest absolute Gasteiger partial charge is 0.506 e. The second kappa shape index (κ2) is 4.52. The SMILES string of the molecule is Cc1c(-c2cc(O)c(Cl)cc2Cl)nn(C)c1C#N. The van der Waals surface area contributed by atoms with Crippen LogP contribution in [0.25, 0.3) is 11.3 Å². The molecule has 2 rings (SSSR count). The lowest BCUT2D eigenvalue weighted by molar-refractivity contribution is 0.476. The molecule has 1 heterocycles. The van der Waals surface area contributed by atoms with E-state index in [-0.39, 0.29) is 10.8 Å². The van der Waals surface area contributed by atoms with Crippen molar-refractivity contribution in [1.29, 1.82) is 5.26 Å². The average Bonchev–Trinajstić information content (AvgIpc) is 2.59. The molecule has 0 aliphatic rings. The Morgan fingerprint density at radius 2 is 2.00 bits per heavy atom. The van der Waals surface area contributed by atoms with E-state index in [1.165, 1.54) is 16.8 Å². The van der Waals surface area contributed by atoms with Gasteiger partial charge in [-0.15, -0.1) is 0 Å². The first kappa shape index (κ1) is 12.7. The van der Waals surface area contributed by atoms with Crippen LogP contribution in [0.3, 0.4) is 0 Å². The highest BCUT2D eigenvalue weighted by molar-refractivity contribution is 6.37. The third-order valence-corrected chi connectivity index (χ3v) is 3.30. The number of phenolic OH excluding ortho intramolecular Hbond substituents is 1. The first-order chi connectivity index (χ1) is 8.45. The summed E-state index contributed by atoms with van der Waals surface area (Å²) in [4.78, 5) is 0. The van der Waals surface area contributed by atoms with Crippen molar-refractivity contribution in [3.8, 4) is 23.1 Å². The van der Waals surface area contributed by atoms with Gasteiger partial charge in [0.1, 0.15) is 17.5 Å². The molecule has 1 aromatic carbocycles. The molecule has 0 aliphatic carbocycles. The van der Waals surface area contributed by atoms with Crippen LogP contribution < -0.4 is 0 Å². The lowest BCUT2D eigenvalue weighted by Crippen LogP contribution is -1.93. The number of nitriles is 1. The number of aromatic nitrogens is 2. The lowest BCUT2D eigenvalue weighted by atomic mass is 10.1. The molecule has 2 aromatic rings. The highest BCUT2D eigenvalue weighted by atomic mass is 35.5. The van der Waals surface area contributed by atoms with Gasteiger partial charge in [0.25, 0.3) is 0 Å². The van der Waals surface area contributed by atoms with E-state index in [4.69, 9.17) is 28.5 Å². The molecule has 0 saturated heterocycles. The normalized spacial score (nSPS) is 10.4. The Morgan fingerprint density at radius 1 is 1.33 bits per heavy atom. The predicted molar refractivity (Wildman–Crippen MR) is 69.8 cm³/mol. The molecule has 0 amide bonds. The summed E-state index contributed by atoms with van der Waals surface area (Å²) in [5.74, 6) is -0.0698. The van der Waals surface area contributed by atoms with Crippen LogP contribution in [0.2, 0.25) is 10.0 Å². The summed E-state index contributed by atoms with van der Waals surface area (Å²) in [6, 6.07) is 4.97. The van der Waals surface area contributed by atoms with Crippen molar-refractivity contribution in [3.63, 3.8) is 0 Å². The van der Waals surface area contributed by atoms with Gasteiger partial charge in [0.05, 0.1) is 15.7 Å². The van der Waals surface area contributed by atoms with Gasteiger partial charge >= 0.3 is 0 Å². The molecule has 0 radical (unpaired) electrons. The van der Waals surface area contributed by atoms with Crippen LogP contribution in [0.1, 0.15) is 11.3 Å². The molecule has 0 bridgehead atoms. The predicted octanol–water partition coefficient (Wildman–Crippen LogP) is 3.28. The van der Waals surface area contributed by atoms with Gasteiger partial charge in [-0.25, -0.2) is 0 Å². The van der Waals surface area contributed by atoms with Crippen molar-refractivity contribution in [1.82, 2.24) is 9.78 Å². The first-order valence-electron chi connectivity index (χ1n) is 5.07. The second-order valence-corrected chi connectivity index (χ2v) is 4.66. The van der Waals surface area contributed by atoms with E-state index < -0.39 is 0 Å². The molecule has 0 saturated carbocycles. The number of aryl methyl sites for hydroxylation is 1.